The highest BCUT2D eigenvalue weighted by Gasteiger charge is 2.06. The summed E-state index contributed by atoms with van der Waals surface area (Å²) in [5, 5.41) is 1.24. The Morgan fingerprint density at radius 1 is 1.15 bits per heavy atom. The third kappa shape index (κ3) is 0.970. The first-order valence-electron chi connectivity index (χ1n) is 4.49. The number of allylic oxidation sites excluding steroid dienone is 1. The number of rotatable bonds is 0. The van der Waals surface area contributed by atoms with E-state index in [9.17, 15) is 0 Å². The van der Waals surface area contributed by atoms with Crippen LogP contribution in [-0.2, 0) is 6.42 Å². The lowest BCUT2D eigenvalue weighted by Crippen LogP contribution is -1.87. The van der Waals surface area contributed by atoms with Gasteiger partial charge in [0, 0.05) is 5.39 Å². The fourth-order valence-electron chi connectivity index (χ4n) is 1.78. The molecular weight excluding hydrogens is 158 g/mol. The van der Waals surface area contributed by atoms with E-state index >= 15 is 0 Å². The zero-order chi connectivity index (χ0) is 8.67. The Hall–Kier alpha value is -1.63. The van der Waals surface area contributed by atoms with Gasteiger partial charge in [-0.15, -0.1) is 0 Å². The van der Waals surface area contributed by atoms with E-state index in [0.717, 1.165) is 17.6 Å². The molecule has 1 aromatic carbocycles. The Kier molecular flexibility index (Phi) is 1.28. The molecule has 1 aromatic heterocycles. The van der Waals surface area contributed by atoms with Crippen molar-refractivity contribution in [1.82, 2.24) is 4.98 Å². The summed E-state index contributed by atoms with van der Waals surface area (Å²) in [7, 11) is 0. The van der Waals surface area contributed by atoms with Crippen LogP contribution in [0.3, 0.4) is 0 Å². The maximum atomic E-state index is 4.57. The molecule has 0 amide bonds. The van der Waals surface area contributed by atoms with Crippen molar-refractivity contribution in [3.05, 3.63) is 47.7 Å². The predicted octanol–water partition coefficient (Wildman–Crippen LogP) is 2.80. The van der Waals surface area contributed by atoms with Gasteiger partial charge in [0.05, 0.1) is 11.2 Å². The van der Waals surface area contributed by atoms with Gasteiger partial charge in [-0.1, -0.05) is 24.3 Å². The van der Waals surface area contributed by atoms with Crippen molar-refractivity contribution >= 4 is 17.0 Å². The smallest absolute Gasteiger partial charge is 0.0709 e. The quantitative estimate of drug-likeness (QED) is 0.588. The minimum Gasteiger partial charge on any atom is -0.248 e. The third-order valence-electron chi connectivity index (χ3n) is 2.45. The summed E-state index contributed by atoms with van der Waals surface area (Å²) >= 11 is 0. The topological polar surface area (TPSA) is 12.9 Å². The molecule has 0 bridgehead atoms. The van der Waals surface area contributed by atoms with Crippen LogP contribution in [0, 0.1) is 0 Å². The van der Waals surface area contributed by atoms with Crippen molar-refractivity contribution < 1.29 is 0 Å². The van der Waals surface area contributed by atoms with Crippen LogP contribution in [0.15, 0.2) is 36.4 Å². The van der Waals surface area contributed by atoms with Gasteiger partial charge in [-0.05, 0) is 30.2 Å². The Morgan fingerprint density at radius 2 is 2.08 bits per heavy atom. The van der Waals surface area contributed by atoms with Crippen molar-refractivity contribution in [3.63, 3.8) is 0 Å². The molecule has 0 N–H and O–H groups in total. The lowest BCUT2D eigenvalue weighted by Gasteiger charge is -2.01. The van der Waals surface area contributed by atoms with E-state index in [1.54, 1.807) is 0 Å². The molecule has 0 aliphatic heterocycles. The molecule has 1 heterocycles. The Balaban J connectivity index is 2.40. The monoisotopic (exact) mass is 167 g/mol. The van der Waals surface area contributed by atoms with Gasteiger partial charge in [0.2, 0.25) is 0 Å². The second-order valence-electron chi connectivity index (χ2n) is 3.33. The maximum Gasteiger partial charge on any atom is 0.0709 e. The Bertz CT molecular complexity index is 497. The van der Waals surface area contributed by atoms with Crippen LogP contribution in [0.2, 0.25) is 0 Å². The standard InChI is InChI=1S/C12H9N/c1-2-6-11-9(4-1)8-10-5-3-7-12(10)13-11/h1-4,6-8H,5H2. The molecule has 0 radical (unpaired) electrons. The number of fused-ring (bicyclic) bond motifs is 2. The first kappa shape index (κ1) is 6.84. The van der Waals surface area contributed by atoms with Crippen LogP contribution in [0.1, 0.15) is 11.3 Å². The molecule has 1 heteroatoms. The van der Waals surface area contributed by atoms with E-state index in [2.05, 4.69) is 41.4 Å². The van der Waals surface area contributed by atoms with E-state index < -0.39 is 0 Å². The molecule has 1 aliphatic rings. The number of hydrogen-bond acceptors (Lipinski definition) is 1. The largest absolute Gasteiger partial charge is 0.248 e. The molecule has 3 rings (SSSR count). The number of pyridine rings is 1. The summed E-state index contributed by atoms with van der Waals surface area (Å²) in [6, 6.07) is 10.5. The van der Waals surface area contributed by atoms with Crippen molar-refractivity contribution in [3.8, 4) is 0 Å². The normalized spacial score (nSPS) is 13.5. The van der Waals surface area contributed by atoms with Gasteiger partial charge in [-0.25, -0.2) is 4.98 Å². The molecule has 0 spiro atoms. The van der Waals surface area contributed by atoms with E-state index in [1.807, 2.05) is 6.07 Å². The molecule has 0 atom stereocenters. The van der Waals surface area contributed by atoms with Gasteiger partial charge >= 0.3 is 0 Å². The van der Waals surface area contributed by atoms with Gasteiger partial charge in [0.1, 0.15) is 0 Å². The summed E-state index contributed by atoms with van der Waals surface area (Å²) < 4.78 is 0. The molecule has 0 saturated heterocycles. The molecule has 62 valence electrons. The first-order valence-corrected chi connectivity index (χ1v) is 4.49. The number of aromatic nitrogens is 1. The Labute approximate surface area is 76.7 Å². The molecule has 1 aliphatic carbocycles. The average Bonchev–Trinajstić information content (AvgIpc) is 2.61. The zero-order valence-corrected chi connectivity index (χ0v) is 7.20. The number of para-hydroxylation sites is 1. The van der Waals surface area contributed by atoms with Crippen LogP contribution < -0.4 is 0 Å². The summed E-state index contributed by atoms with van der Waals surface area (Å²) in [5.41, 5.74) is 3.57. The van der Waals surface area contributed by atoms with Gasteiger partial charge in [0.15, 0.2) is 0 Å². The summed E-state index contributed by atoms with van der Waals surface area (Å²) in [4.78, 5) is 4.57. The second-order valence-corrected chi connectivity index (χ2v) is 3.33. The minimum absolute atomic E-state index is 1.03. The highest BCUT2D eigenvalue weighted by Crippen LogP contribution is 2.22. The minimum atomic E-state index is 1.03. The van der Waals surface area contributed by atoms with E-state index in [-0.39, 0.29) is 0 Å². The van der Waals surface area contributed by atoms with Gasteiger partial charge in [-0.2, -0.15) is 0 Å². The van der Waals surface area contributed by atoms with Crippen molar-refractivity contribution in [2.75, 3.05) is 0 Å². The lowest BCUT2D eigenvalue weighted by atomic mass is 10.1. The van der Waals surface area contributed by atoms with Crippen LogP contribution in [0.5, 0.6) is 0 Å². The Morgan fingerprint density at radius 3 is 3.08 bits per heavy atom. The number of benzene rings is 1. The van der Waals surface area contributed by atoms with Crippen LogP contribution in [0.4, 0.5) is 0 Å². The fraction of sp³-hybridized carbons (Fsp3) is 0.0833. The highest BCUT2D eigenvalue weighted by molar-refractivity contribution is 5.81. The summed E-state index contributed by atoms with van der Waals surface area (Å²) in [5.74, 6) is 0. The zero-order valence-electron chi connectivity index (χ0n) is 7.20. The van der Waals surface area contributed by atoms with E-state index in [4.69, 9.17) is 0 Å². The van der Waals surface area contributed by atoms with Crippen LogP contribution in [-0.4, -0.2) is 4.98 Å². The van der Waals surface area contributed by atoms with Crippen molar-refractivity contribution in [2.24, 2.45) is 0 Å². The predicted molar refractivity (Wildman–Crippen MR) is 54.5 cm³/mol. The molecule has 0 saturated carbocycles. The summed E-state index contributed by atoms with van der Waals surface area (Å²) in [6.45, 7) is 0. The molecule has 13 heavy (non-hydrogen) atoms. The van der Waals surface area contributed by atoms with Crippen molar-refractivity contribution in [1.29, 1.82) is 0 Å². The fourth-order valence-corrected chi connectivity index (χ4v) is 1.78. The summed E-state index contributed by atoms with van der Waals surface area (Å²) in [6.07, 6.45) is 5.30. The third-order valence-corrected chi connectivity index (χ3v) is 2.45. The van der Waals surface area contributed by atoms with Crippen LogP contribution in [0.25, 0.3) is 17.0 Å². The average molecular weight is 167 g/mol. The number of nitrogens with zero attached hydrogens (tertiary/aromatic N) is 1. The SMILES string of the molecule is C1=Cc2nc3ccccc3cc2C1. The van der Waals surface area contributed by atoms with E-state index in [1.165, 1.54) is 10.9 Å². The lowest BCUT2D eigenvalue weighted by molar-refractivity contribution is 1.25. The molecule has 2 aromatic rings. The van der Waals surface area contributed by atoms with E-state index in [0.29, 0.717) is 0 Å². The highest BCUT2D eigenvalue weighted by atomic mass is 14.7. The van der Waals surface area contributed by atoms with Crippen LogP contribution >= 0.6 is 0 Å². The first-order chi connectivity index (χ1) is 6.43. The van der Waals surface area contributed by atoms with Gasteiger partial charge in [0.25, 0.3) is 0 Å². The number of hydrogen-bond donors (Lipinski definition) is 0. The second kappa shape index (κ2) is 2.43. The van der Waals surface area contributed by atoms with Crippen molar-refractivity contribution in [2.45, 2.75) is 6.42 Å². The maximum absolute atomic E-state index is 4.57. The molecule has 0 fully saturated rings. The molecule has 0 unspecified atom stereocenters. The molecular formula is C12H9N. The molecule has 1 nitrogen and oxygen atoms in total. The van der Waals surface area contributed by atoms with Gasteiger partial charge < -0.3 is 0 Å². The van der Waals surface area contributed by atoms with Gasteiger partial charge in [-0.3, -0.25) is 0 Å².